The third kappa shape index (κ3) is 4.90. The third-order valence-electron chi connectivity index (χ3n) is 1.17. The van der Waals surface area contributed by atoms with Gasteiger partial charge in [-0.3, -0.25) is 0 Å². The molecule has 1 N–H and O–H groups in total. The van der Waals surface area contributed by atoms with Crippen molar-refractivity contribution in [3.8, 4) is 0 Å². The van der Waals surface area contributed by atoms with Crippen molar-refractivity contribution in [2.75, 3.05) is 6.61 Å². The van der Waals surface area contributed by atoms with E-state index in [1.54, 1.807) is 0 Å². The lowest BCUT2D eigenvalue weighted by Crippen LogP contribution is -1.99. The lowest BCUT2D eigenvalue weighted by atomic mass is 10.1. The normalized spacial score (nSPS) is 15.8. The van der Waals surface area contributed by atoms with Crippen molar-refractivity contribution in [2.45, 2.75) is 20.3 Å². The molecule has 0 aromatic heterocycles. The van der Waals surface area contributed by atoms with E-state index >= 15 is 0 Å². The van der Waals surface area contributed by atoms with Gasteiger partial charge in [0.25, 0.3) is 0 Å². The van der Waals surface area contributed by atoms with Crippen molar-refractivity contribution in [3.05, 3.63) is 9.66 Å². The molecule has 0 fully saturated rings. The quantitative estimate of drug-likeness (QED) is 0.750. The zero-order valence-electron chi connectivity index (χ0n) is 5.89. The second-order valence-corrected chi connectivity index (χ2v) is 3.07. The minimum atomic E-state index is 0.293. The molecule has 0 saturated heterocycles. The van der Waals surface area contributed by atoms with Crippen LogP contribution in [-0.2, 0) is 0 Å². The van der Waals surface area contributed by atoms with E-state index < -0.39 is 0 Å². The van der Waals surface area contributed by atoms with Gasteiger partial charge in [-0.15, -0.1) is 0 Å². The molecule has 54 valence electrons. The molecule has 0 amide bonds. The summed E-state index contributed by atoms with van der Waals surface area (Å²) in [5.41, 5.74) is 1.34. The molecule has 0 spiro atoms. The van der Waals surface area contributed by atoms with E-state index in [-0.39, 0.29) is 0 Å². The van der Waals surface area contributed by atoms with E-state index in [1.165, 1.54) is 5.57 Å². The van der Waals surface area contributed by atoms with Gasteiger partial charge in [0.05, 0.1) is 0 Å². The molecular formula is C7H13IO. The molecule has 0 radical (unpaired) electrons. The molecule has 0 saturated carbocycles. The number of halogens is 1. The molecule has 0 aromatic carbocycles. The summed E-state index contributed by atoms with van der Waals surface area (Å²) in [5, 5.41) is 8.65. The van der Waals surface area contributed by atoms with Gasteiger partial charge in [0.15, 0.2) is 0 Å². The maximum Gasteiger partial charge on any atom is 0.0459 e. The fourth-order valence-corrected chi connectivity index (χ4v) is 0.913. The predicted molar refractivity (Wildman–Crippen MR) is 48.6 cm³/mol. The first-order valence-electron chi connectivity index (χ1n) is 3.07. The van der Waals surface area contributed by atoms with E-state index in [1.807, 2.05) is 6.92 Å². The SMILES string of the molecule is C/C(=C\I)C[C@@H](C)CO. The summed E-state index contributed by atoms with van der Waals surface area (Å²) in [6, 6.07) is 0. The first kappa shape index (κ1) is 9.43. The molecule has 0 bridgehead atoms. The van der Waals surface area contributed by atoms with E-state index in [9.17, 15) is 0 Å². The maximum atomic E-state index is 8.65. The number of aliphatic hydroxyl groups excluding tert-OH is 1. The van der Waals surface area contributed by atoms with Crippen LogP contribution in [0.2, 0.25) is 0 Å². The number of rotatable bonds is 3. The van der Waals surface area contributed by atoms with Gasteiger partial charge < -0.3 is 5.11 Å². The summed E-state index contributed by atoms with van der Waals surface area (Å²) in [6.07, 6.45) is 1.01. The molecule has 1 atom stereocenters. The Morgan fingerprint density at radius 2 is 2.33 bits per heavy atom. The molecule has 0 unspecified atom stereocenters. The van der Waals surface area contributed by atoms with E-state index in [0.29, 0.717) is 12.5 Å². The zero-order chi connectivity index (χ0) is 7.28. The second kappa shape index (κ2) is 5.23. The van der Waals surface area contributed by atoms with E-state index in [4.69, 9.17) is 5.11 Å². The van der Waals surface area contributed by atoms with Crippen molar-refractivity contribution in [1.82, 2.24) is 0 Å². The average molecular weight is 240 g/mol. The van der Waals surface area contributed by atoms with E-state index in [0.717, 1.165) is 6.42 Å². The van der Waals surface area contributed by atoms with Gasteiger partial charge in [-0.1, -0.05) is 35.1 Å². The van der Waals surface area contributed by atoms with E-state index in [2.05, 4.69) is 33.6 Å². The van der Waals surface area contributed by atoms with Crippen LogP contribution in [0.25, 0.3) is 0 Å². The summed E-state index contributed by atoms with van der Waals surface area (Å²) in [5.74, 6) is 0.413. The summed E-state index contributed by atoms with van der Waals surface area (Å²) in [7, 11) is 0. The van der Waals surface area contributed by atoms with Crippen molar-refractivity contribution < 1.29 is 5.11 Å². The highest BCUT2D eigenvalue weighted by Gasteiger charge is 1.98. The second-order valence-electron chi connectivity index (χ2n) is 2.45. The lowest BCUT2D eigenvalue weighted by molar-refractivity contribution is 0.237. The van der Waals surface area contributed by atoms with Crippen LogP contribution < -0.4 is 0 Å². The van der Waals surface area contributed by atoms with Gasteiger partial charge in [-0.25, -0.2) is 0 Å². The van der Waals surface area contributed by atoms with Crippen LogP contribution in [0.15, 0.2) is 9.66 Å². The van der Waals surface area contributed by atoms with Crippen LogP contribution in [0, 0.1) is 5.92 Å². The zero-order valence-corrected chi connectivity index (χ0v) is 8.05. The standard InChI is InChI=1S/C7H13IO/c1-6(4-8)3-7(2)5-9/h4,7,9H,3,5H2,1-2H3/b6-4+/t7-/m1/s1. The van der Waals surface area contributed by atoms with Crippen LogP contribution in [0.3, 0.4) is 0 Å². The predicted octanol–water partition coefficient (Wildman–Crippen LogP) is 2.34. The van der Waals surface area contributed by atoms with Gasteiger partial charge in [-0.05, 0) is 23.3 Å². The molecule has 0 aliphatic carbocycles. The van der Waals surface area contributed by atoms with Crippen molar-refractivity contribution in [2.24, 2.45) is 5.92 Å². The smallest absolute Gasteiger partial charge is 0.0459 e. The minimum Gasteiger partial charge on any atom is -0.396 e. The molecule has 0 aliphatic heterocycles. The van der Waals surface area contributed by atoms with Crippen LogP contribution in [0.4, 0.5) is 0 Å². The third-order valence-corrected chi connectivity index (χ3v) is 2.23. The van der Waals surface area contributed by atoms with Crippen molar-refractivity contribution >= 4 is 22.6 Å². The van der Waals surface area contributed by atoms with Gasteiger partial charge in [0, 0.05) is 6.61 Å². The number of aliphatic hydroxyl groups is 1. The Morgan fingerprint density at radius 1 is 1.78 bits per heavy atom. The molecule has 0 heterocycles. The Morgan fingerprint density at radius 3 is 2.67 bits per heavy atom. The highest BCUT2D eigenvalue weighted by Crippen LogP contribution is 2.11. The van der Waals surface area contributed by atoms with Crippen LogP contribution in [0.1, 0.15) is 20.3 Å². The monoisotopic (exact) mass is 240 g/mol. The summed E-state index contributed by atoms with van der Waals surface area (Å²) < 4.78 is 2.06. The molecule has 0 aromatic rings. The fourth-order valence-electron chi connectivity index (χ4n) is 0.659. The molecule has 2 heteroatoms. The van der Waals surface area contributed by atoms with Crippen molar-refractivity contribution in [1.29, 1.82) is 0 Å². The summed E-state index contributed by atoms with van der Waals surface area (Å²) in [6.45, 7) is 4.42. The summed E-state index contributed by atoms with van der Waals surface area (Å²) >= 11 is 2.22. The highest BCUT2D eigenvalue weighted by molar-refractivity contribution is 14.1. The van der Waals surface area contributed by atoms with Gasteiger partial charge in [0.2, 0.25) is 0 Å². The Balaban J connectivity index is 3.47. The Labute approximate surface area is 70.3 Å². The molecule has 0 aliphatic rings. The Hall–Kier alpha value is 0.430. The number of hydrogen-bond donors (Lipinski definition) is 1. The fraction of sp³-hybridized carbons (Fsp3) is 0.714. The molecule has 1 nitrogen and oxygen atoms in total. The van der Waals surface area contributed by atoms with Crippen LogP contribution in [0.5, 0.6) is 0 Å². The van der Waals surface area contributed by atoms with Gasteiger partial charge in [-0.2, -0.15) is 0 Å². The molecular weight excluding hydrogens is 227 g/mol. The minimum absolute atomic E-state index is 0.293. The Bertz CT molecular complexity index is 99.1. The first-order valence-corrected chi connectivity index (χ1v) is 4.32. The number of allylic oxidation sites excluding steroid dienone is 1. The number of hydrogen-bond acceptors (Lipinski definition) is 1. The average Bonchev–Trinajstić information content (AvgIpc) is 1.87. The van der Waals surface area contributed by atoms with Crippen LogP contribution in [-0.4, -0.2) is 11.7 Å². The largest absolute Gasteiger partial charge is 0.396 e. The maximum absolute atomic E-state index is 8.65. The highest BCUT2D eigenvalue weighted by atomic mass is 127. The van der Waals surface area contributed by atoms with Gasteiger partial charge in [0.1, 0.15) is 0 Å². The van der Waals surface area contributed by atoms with Crippen LogP contribution >= 0.6 is 22.6 Å². The first-order chi connectivity index (χ1) is 4.20. The summed E-state index contributed by atoms with van der Waals surface area (Å²) in [4.78, 5) is 0. The lowest BCUT2D eigenvalue weighted by Gasteiger charge is -2.05. The van der Waals surface area contributed by atoms with Gasteiger partial charge >= 0.3 is 0 Å². The molecule has 9 heavy (non-hydrogen) atoms. The Kier molecular flexibility index (Phi) is 5.48. The molecule has 0 rings (SSSR count). The van der Waals surface area contributed by atoms with Crippen molar-refractivity contribution in [3.63, 3.8) is 0 Å². The topological polar surface area (TPSA) is 20.2 Å².